The molecule has 9 heteroatoms. The Balaban J connectivity index is 2.35. The third-order valence-electron chi connectivity index (χ3n) is 2.10. The number of anilines is 2. The molecule has 0 unspecified atom stereocenters. The number of amides is 1. The lowest BCUT2D eigenvalue weighted by Gasteiger charge is -2.15. The van der Waals surface area contributed by atoms with Crippen molar-refractivity contribution < 1.29 is 4.79 Å². The fraction of sp³-hybridized carbons (Fsp3) is 0.222. The van der Waals surface area contributed by atoms with Gasteiger partial charge in [0, 0.05) is 19.4 Å². The number of nitrogens with two attached hydrogens (primary N) is 2. The molecule has 0 fully saturated rings. The summed E-state index contributed by atoms with van der Waals surface area (Å²) in [6.07, 6.45) is 4.80. The number of rotatable bonds is 4. The minimum atomic E-state index is -0.485. The second-order valence-electron chi connectivity index (χ2n) is 3.59. The quantitative estimate of drug-likeness (QED) is 0.677. The molecule has 0 spiro atoms. The lowest BCUT2D eigenvalue weighted by Crippen LogP contribution is -2.32. The van der Waals surface area contributed by atoms with Crippen LogP contribution in [0.25, 0.3) is 5.95 Å². The van der Waals surface area contributed by atoms with Gasteiger partial charge in [0.05, 0.1) is 6.54 Å². The SMILES string of the molecule is CN(CC(N)=O)c1nc(N)nc(-n2ccnc2)n1. The number of hydrogen-bond donors (Lipinski definition) is 2. The molecule has 0 saturated carbocycles. The molecule has 0 saturated heterocycles. The maximum Gasteiger partial charge on any atom is 0.241 e. The van der Waals surface area contributed by atoms with E-state index in [2.05, 4.69) is 19.9 Å². The largest absolute Gasteiger partial charge is 0.368 e. The lowest BCUT2D eigenvalue weighted by molar-refractivity contribution is -0.116. The van der Waals surface area contributed by atoms with Gasteiger partial charge >= 0.3 is 0 Å². The van der Waals surface area contributed by atoms with E-state index in [9.17, 15) is 4.79 Å². The van der Waals surface area contributed by atoms with E-state index in [1.807, 2.05) is 0 Å². The average Bonchev–Trinajstić information content (AvgIpc) is 2.80. The monoisotopic (exact) mass is 248 g/mol. The van der Waals surface area contributed by atoms with Crippen LogP contribution in [0.2, 0.25) is 0 Å². The molecule has 0 bridgehead atoms. The highest BCUT2D eigenvalue weighted by Crippen LogP contribution is 2.09. The van der Waals surface area contributed by atoms with Crippen molar-refractivity contribution in [1.29, 1.82) is 0 Å². The number of nitrogen functional groups attached to an aromatic ring is 1. The number of hydrogen-bond acceptors (Lipinski definition) is 7. The summed E-state index contributed by atoms with van der Waals surface area (Å²) in [6.45, 7) is -0.00712. The van der Waals surface area contributed by atoms with Crippen LogP contribution in [0.3, 0.4) is 0 Å². The number of carbonyl (C=O) groups is 1. The summed E-state index contributed by atoms with van der Waals surface area (Å²) in [5, 5.41) is 0. The normalized spacial score (nSPS) is 10.3. The maximum absolute atomic E-state index is 10.8. The Morgan fingerprint density at radius 3 is 2.83 bits per heavy atom. The molecule has 94 valence electrons. The Hall–Kier alpha value is -2.71. The molecule has 0 atom stereocenters. The number of nitrogens with zero attached hydrogens (tertiary/aromatic N) is 6. The third-order valence-corrected chi connectivity index (χ3v) is 2.10. The summed E-state index contributed by atoms with van der Waals surface area (Å²) in [4.78, 5) is 28.3. The van der Waals surface area contributed by atoms with Crippen molar-refractivity contribution in [3.8, 4) is 5.95 Å². The molecular formula is C9H12N8O. The van der Waals surface area contributed by atoms with Crippen molar-refractivity contribution >= 4 is 17.8 Å². The second-order valence-corrected chi connectivity index (χ2v) is 3.59. The Labute approximate surface area is 102 Å². The average molecular weight is 248 g/mol. The summed E-state index contributed by atoms with van der Waals surface area (Å²) in [6, 6.07) is 0. The number of primary amides is 1. The van der Waals surface area contributed by atoms with E-state index in [-0.39, 0.29) is 18.4 Å². The van der Waals surface area contributed by atoms with Crippen LogP contribution in [0, 0.1) is 0 Å². The van der Waals surface area contributed by atoms with Gasteiger partial charge in [0.1, 0.15) is 6.33 Å². The zero-order valence-corrected chi connectivity index (χ0v) is 9.69. The Morgan fingerprint density at radius 1 is 1.44 bits per heavy atom. The summed E-state index contributed by atoms with van der Waals surface area (Å²) in [5.74, 6) is 0.164. The Morgan fingerprint density at radius 2 is 2.22 bits per heavy atom. The topological polar surface area (TPSA) is 129 Å². The van der Waals surface area contributed by atoms with E-state index in [1.54, 1.807) is 24.0 Å². The van der Waals surface area contributed by atoms with Gasteiger partial charge in [-0.15, -0.1) is 0 Å². The van der Waals surface area contributed by atoms with Gasteiger partial charge in [-0.1, -0.05) is 0 Å². The highest BCUT2D eigenvalue weighted by Gasteiger charge is 2.11. The summed E-state index contributed by atoms with van der Waals surface area (Å²) in [5.41, 5.74) is 10.7. The fourth-order valence-corrected chi connectivity index (χ4v) is 1.34. The van der Waals surface area contributed by atoms with E-state index in [0.29, 0.717) is 5.95 Å². The van der Waals surface area contributed by atoms with Gasteiger partial charge in [0.2, 0.25) is 23.8 Å². The van der Waals surface area contributed by atoms with Crippen molar-refractivity contribution in [2.45, 2.75) is 0 Å². The zero-order chi connectivity index (χ0) is 13.1. The molecule has 2 rings (SSSR count). The van der Waals surface area contributed by atoms with E-state index in [4.69, 9.17) is 11.5 Å². The first-order valence-electron chi connectivity index (χ1n) is 5.05. The number of carbonyl (C=O) groups excluding carboxylic acids is 1. The van der Waals surface area contributed by atoms with Crippen molar-refractivity contribution in [3.63, 3.8) is 0 Å². The van der Waals surface area contributed by atoms with E-state index in [1.165, 1.54) is 11.2 Å². The number of likely N-dealkylation sites (N-methyl/N-ethyl adjacent to an activating group) is 1. The predicted octanol–water partition coefficient (Wildman–Crippen LogP) is -1.44. The molecule has 0 aromatic carbocycles. The molecule has 1 amide bonds. The van der Waals surface area contributed by atoms with Crippen LogP contribution in [0.5, 0.6) is 0 Å². The van der Waals surface area contributed by atoms with Gasteiger partial charge in [-0.3, -0.25) is 9.36 Å². The first-order chi connectivity index (χ1) is 8.56. The molecule has 0 radical (unpaired) electrons. The standard InChI is InChI=1S/C9H12N8O/c1-16(4-6(10)18)8-13-7(11)14-9(15-8)17-3-2-12-5-17/h2-3,5H,4H2,1H3,(H2,10,18)(H2,11,13,14,15). The molecule has 2 aromatic rings. The van der Waals surface area contributed by atoms with Gasteiger partial charge in [0.25, 0.3) is 0 Å². The van der Waals surface area contributed by atoms with Gasteiger partial charge < -0.3 is 16.4 Å². The molecule has 2 aromatic heterocycles. The molecule has 0 aliphatic carbocycles. The first-order valence-corrected chi connectivity index (χ1v) is 5.05. The van der Waals surface area contributed by atoms with Gasteiger partial charge in [-0.2, -0.15) is 15.0 Å². The second kappa shape index (κ2) is 4.65. The van der Waals surface area contributed by atoms with Crippen molar-refractivity contribution in [2.75, 3.05) is 24.2 Å². The van der Waals surface area contributed by atoms with E-state index >= 15 is 0 Å². The molecule has 2 heterocycles. The molecule has 18 heavy (non-hydrogen) atoms. The van der Waals surface area contributed by atoms with Crippen LogP contribution in [-0.2, 0) is 4.79 Å². The molecule has 0 aliphatic heterocycles. The molecule has 9 nitrogen and oxygen atoms in total. The molecule has 4 N–H and O–H groups in total. The van der Waals surface area contributed by atoms with E-state index < -0.39 is 5.91 Å². The smallest absolute Gasteiger partial charge is 0.241 e. The third kappa shape index (κ3) is 2.51. The van der Waals surface area contributed by atoms with Crippen LogP contribution in [0.15, 0.2) is 18.7 Å². The van der Waals surface area contributed by atoms with E-state index in [0.717, 1.165) is 0 Å². The van der Waals surface area contributed by atoms with Crippen molar-refractivity contribution in [1.82, 2.24) is 24.5 Å². The van der Waals surface area contributed by atoms with Crippen LogP contribution >= 0.6 is 0 Å². The molecular weight excluding hydrogens is 236 g/mol. The highest BCUT2D eigenvalue weighted by molar-refractivity contribution is 5.78. The summed E-state index contributed by atoms with van der Waals surface area (Å²) in [7, 11) is 1.64. The zero-order valence-electron chi connectivity index (χ0n) is 9.69. The van der Waals surface area contributed by atoms with Crippen molar-refractivity contribution in [3.05, 3.63) is 18.7 Å². The number of aromatic nitrogens is 5. The summed E-state index contributed by atoms with van der Waals surface area (Å²) < 4.78 is 1.58. The van der Waals surface area contributed by atoms with Crippen LogP contribution in [-0.4, -0.2) is 44.0 Å². The fourth-order valence-electron chi connectivity index (χ4n) is 1.34. The number of imidazole rings is 1. The van der Waals surface area contributed by atoms with Crippen LogP contribution in [0.4, 0.5) is 11.9 Å². The first kappa shape index (κ1) is 11.8. The van der Waals surface area contributed by atoms with Crippen molar-refractivity contribution in [2.24, 2.45) is 5.73 Å². The van der Waals surface area contributed by atoms with Gasteiger partial charge in [-0.25, -0.2) is 4.98 Å². The van der Waals surface area contributed by atoms with Crippen LogP contribution < -0.4 is 16.4 Å². The maximum atomic E-state index is 10.8. The Bertz CT molecular complexity index is 552. The van der Waals surface area contributed by atoms with Gasteiger partial charge in [-0.05, 0) is 0 Å². The lowest BCUT2D eigenvalue weighted by atomic mass is 10.5. The highest BCUT2D eigenvalue weighted by atomic mass is 16.1. The predicted molar refractivity (Wildman–Crippen MR) is 63.8 cm³/mol. The Kier molecular flexibility index (Phi) is 3.04. The molecule has 0 aliphatic rings. The minimum Gasteiger partial charge on any atom is -0.368 e. The minimum absolute atomic E-state index is 0.00712. The van der Waals surface area contributed by atoms with Gasteiger partial charge in [0.15, 0.2) is 0 Å². The summed E-state index contributed by atoms with van der Waals surface area (Å²) >= 11 is 0. The van der Waals surface area contributed by atoms with Crippen LogP contribution in [0.1, 0.15) is 0 Å².